The highest BCUT2D eigenvalue weighted by Gasteiger charge is 2.33. The molecule has 21 heavy (non-hydrogen) atoms. The minimum atomic E-state index is 0.622. The molecule has 124 valence electrons. The Kier molecular flexibility index (Phi) is 7.01. The molecule has 0 aromatic carbocycles. The molecule has 2 nitrogen and oxygen atoms in total. The third-order valence-electron chi connectivity index (χ3n) is 5.89. The average Bonchev–Trinajstić information content (AvgIpc) is 2.46. The molecule has 2 rings (SSSR count). The Morgan fingerprint density at radius 3 is 2.29 bits per heavy atom. The predicted octanol–water partition coefficient (Wildman–Crippen LogP) is 4.49. The molecular weight excluding hydrogens is 258 g/mol. The van der Waals surface area contributed by atoms with E-state index in [1.165, 1.54) is 45.1 Å². The Hall–Kier alpha value is -0.0800. The minimum Gasteiger partial charge on any atom is -0.381 e. The van der Waals surface area contributed by atoms with Gasteiger partial charge in [-0.2, -0.15) is 0 Å². The molecule has 3 unspecified atom stereocenters. The first-order valence-electron chi connectivity index (χ1n) is 9.37. The van der Waals surface area contributed by atoms with Crippen LogP contribution in [0.3, 0.4) is 0 Å². The summed E-state index contributed by atoms with van der Waals surface area (Å²) in [5.41, 5.74) is 0. The largest absolute Gasteiger partial charge is 0.381 e. The van der Waals surface area contributed by atoms with Crippen LogP contribution < -0.4 is 5.32 Å². The molecule has 0 aromatic heterocycles. The Bertz CT molecular complexity index is 283. The van der Waals surface area contributed by atoms with Gasteiger partial charge in [0.05, 0.1) is 0 Å². The summed E-state index contributed by atoms with van der Waals surface area (Å²) in [6.45, 7) is 12.6. The second-order valence-electron chi connectivity index (χ2n) is 8.19. The summed E-state index contributed by atoms with van der Waals surface area (Å²) in [7, 11) is 0. The molecule has 1 saturated heterocycles. The minimum absolute atomic E-state index is 0.622. The van der Waals surface area contributed by atoms with Crippen molar-refractivity contribution in [1.29, 1.82) is 0 Å². The van der Waals surface area contributed by atoms with Gasteiger partial charge in [-0.3, -0.25) is 0 Å². The highest BCUT2D eigenvalue weighted by Crippen LogP contribution is 2.41. The van der Waals surface area contributed by atoms with Gasteiger partial charge >= 0.3 is 0 Å². The molecule has 1 N–H and O–H groups in total. The number of nitrogens with one attached hydrogen (secondary N) is 1. The zero-order valence-corrected chi connectivity index (χ0v) is 14.7. The van der Waals surface area contributed by atoms with E-state index in [2.05, 4.69) is 33.0 Å². The number of ether oxygens (including phenoxy) is 1. The lowest BCUT2D eigenvalue weighted by Crippen LogP contribution is -2.38. The van der Waals surface area contributed by atoms with Crippen LogP contribution in [0.15, 0.2) is 0 Å². The zero-order chi connectivity index (χ0) is 15.2. The van der Waals surface area contributed by atoms with Gasteiger partial charge in [0.15, 0.2) is 0 Å². The van der Waals surface area contributed by atoms with Crippen molar-refractivity contribution in [1.82, 2.24) is 5.32 Å². The Balaban J connectivity index is 1.90. The summed E-state index contributed by atoms with van der Waals surface area (Å²) in [4.78, 5) is 0. The van der Waals surface area contributed by atoms with Crippen molar-refractivity contribution in [2.45, 2.75) is 72.3 Å². The predicted molar refractivity (Wildman–Crippen MR) is 90.5 cm³/mol. The molecule has 1 aliphatic heterocycles. The van der Waals surface area contributed by atoms with Crippen LogP contribution >= 0.6 is 0 Å². The van der Waals surface area contributed by atoms with Crippen molar-refractivity contribution in [3.05, 3.63) is 0 Å². The molecule has 0 bridgehead atoms. The van der Waals surface area contributed by atoms with Crippen LogP contribution in [0.25, 0.3) is 0 Å². The van der Waals surface area contributed by atoms with Crippen molar-refractivity contribution in [2.24, 2.45) is 29.6 Å². The van der Waals surface area contributed by atoms with E-state index in [9.17, 15) is 0 Å². The molecule has 1 saturated carbocycles. The second-order valence-corrected chi connectivity index (χ2v) is 8.19. The molecule has 0 aromatic rings. The molecule has 2 aliphatic rings. The molecule has 1 aliphatic carbocycles. The molecule has 2 fully saturated rings. The van der Waals surface area contributed by atoms with Crippen LogP contribution in [-0.4, -0.2) is 25.8 Å². The monoisotopic (exact) mass is 295 g/mol. The first-order valence-corrected chi connectivity index (χ1v) is 9.37. The highest BCUT2D eigenvalue weighted by atomic mass is 16.5. The maximum Gasteiger partial charge on any atom is 0.0468 e. The fourth-order valence-corrected chi connectivity index (χ4v) is 4.32. The zero-order valence-electron chi connectivity index (χ0n) is 14.7. The first-order chi connectivity index (χ1) is 10.1. The Morgan fingerprint density at radius 2 is 1.67 bits per heavy atom. The van der Waals surface area contributed by atoms with E-state index >= 15 is 0 Å². The van der Waals surface area contributed by atoms with Gasteiger partial charge in [-0.15, -0.1) is 0 Å². The Morgan fingerprint density at radius 1 is 0.952 bits per heavy atom. The summed E-state index contributed by atoms with van der Waals surface area (Å²) in [5, 5.41) is 3.70. The average molecular weight is 296 g/mol. The van der Waals surface area contributed by atoms with Crippen molar-refractivity contribution in [2.75, 3.05) is 19.8 Å². The van der Waals surface area contributed by atoms with Gasteiger partial charge < -0.3 is 10.1 Å². The lowest BCUT2D eigenvalue weighted by atomic mass is 9.67. The highest BCUT2D eigenvalue weighted by molar-refractivity contribution is 4.85. The summed E-state index contributed by atoms with van der Waals surface area (Å²) < 4.78 is 5.54. The molecule has 2 heteroatoms. The third kappa shape index (κ3) is 5.56. The van der Waals surface area contributed by atoms with E-state index in [-0.39, 0.29) is 0 Å². The van der Waals surface area contributed by atoms with Gasteiger partial charge in [0.25, 0.3) is 0 Å². The van der Waals surface area contributed by atoms with Gasteiger partial charge in [0, 0.05) is 19.3 Å². The lowest BCUT2D eigenvalue weighted by molar-refractivity contribution is 0.0433. The van der Waals surface area contributed by atoms with E-state index in [1.807, 2.05) is 0 Å². The van der Waals surface area contributed by atoms with Crippen LogP contribution in [0.1, 0.15) is 66.2 Å². The van der Waals surface area contributed by atoms with Gasteiger partial charge in [0.2, 0.25) is 0 Å². The molecule has 0 radical (unpaired) electrons. The standard InChI is InChI=1S/C19H37NO/c1-14(2)17-5-6-18(13-20-15(3)4)19(12-17)11-16-7-9-21-10-8-16/h14-20H,5-13H2,1-4H3. The number of rotatable bonds is 6. The van der Waals surface area contributed by atoms with Crippen molar-refractivity contribution < 1.29 is 4.74 Å². The van der Waals surface area contributed by atoms with E-state index < -0.39 is 0 Å². The summed E-state index contributed by atoms with van der Waals surface area (Å²) in [5.74, 6) is 4.60. The van der Waals surface area contributed by atoms with Crippen LogP contribution in [0.4, 0.5) is 0 Å². The fourth-order valence-electron chi connectivity index (χ4n) is 4.32. The fraction of sp³-hybridized carbons (Fsp3) is 1.00. The SMILES string of the molecule is CC(C)NCC1CCC(C(C)C)CC1CC1CCOCC1. The molecule has 1 heterocycles. The summed E-state index contributed by atoms with van der Waals surface area (Å²) >= 11 is 0. The molecule has 0 amide bonds. The van der Waals surface area contributed by atoms with Gasteiger partial charge in [-0.05, 0) is 74.7 Å². The second kappa shape index (κ2) is 8.53. The van der Waals surface area contributed by atoms with Crippen LogP contribution in [0, 0.1) is 29.6 Å². The smallest absolute Gasteiger partial charge is 0.0468 e. The van der Waals surface area contributed by atoms with E-state index in [1.54, 1.807) is 0 Å². The normalized spacial score (nSPS) is 32.0. The van der Waals surface area contributed by atoms with Crippen LogP contribution in [0.2, 0.25) is 0 Å². The van der Waals surface area contributed by atoms with Gasteiger partial charge in [-0.25, -0.2) is 0 Å². The van der Waals surface area contributed by atoms with E-state index in [4.69, 9.17) is 4.74 Å². The Labute approximate surface area is 132 Å². The summed E-state index contributed by atoms with van der Waals surface area (Å²) in [6, 6.07) is 0.622. The number of hydrogen-bond acceptors (Lipinski definition) is 2. The van der Waals surface area contributed by atoms with Crippen molar-refractivity contribution in [3.8, 4) is 0 Å². The van der Waals surface area contributed by atoms with Crippen molar-refractivity contribution >= 4 is 0 Å². The maximum atomic E-state index is 5.54. The third-order valence-corrected chi connectivity index (χ3v) is 5.89. The number of hydrogen-bond donors (Lipinski definition) is 1. The van der Waals surface area contributed by atoms with Crippen molar-refractivity contribution in [3.63, 3.8) is 0 Å². The maximum absolute atomic E-state index is 5.54. The topological polar surface area (TPSA) is 21.3 Å². The summed E-state index contributed by atoms with van der Waals surface area (Å²) in [6.07, 6.45) is 8.42. The van der Waals surface area contributed by atoms with Crippen LogP contribution in [0.5, 0.6) is 0 Å². The van der Waals surface area contributed by atoms with Gasteiger partial charge in [0.1, 0.15) is 0 Å². The quantitative estimate of drug-likeness (QED) is 0.779. The van der Waals surface area contributed by atoms with Gasteiger partial charge in [-0.1, -0.05) is 27.7 Å². The lowest BCUT2D eigenvalue weighted by Gasteiger charge is -2.40. The van der Waals surface area contributed by atoms with E-state index in [0.29, 0.717) is 6.04 Å². The first kappa shape index (κ1) is 17.3. The van der Waals surface area contributed by atoms with E-state index in [0.717, 1.165) is 42.8 Å². The molecular formula is C19H37NO. The van der Waals surface area contributed by atoms with Crippen LogP contribution in [-0.2, 0) is 4.74 Å². The molecule has 0 spiro atoms. The molecule has 3 atom stereocenters.